The second-order valence-corrected chi connectivity index (χ2v) is 5.86. The fourth-order valence-corrected chi connectivity index (χ4v) is 2.78. The molecule has 7 heteroatoms. The number of fused-ring (bicyclic) bond motifs is 3. The predicted octanol–water partition coefficient (Wildman–Crippen LogP) is 2.24. The summed E-state index contributed by atoms with van der Waals surface area (Å²) in [6.45, 7) is 0.442. The number of nitriles is 1. The number of aromatic nitrogens is 4. The minimum absolute atomic E-state index is 0.129. The number of carbonyl (C=O) groups excluding carboxylic acids is 1. The molecular weight excluding hydrogens is 328 g/mol. The Bertz CT molecular complexity index is 1140. The molecule has 1 aromatic carbocycles. The van der Waals surface area contributed by atoms with E-state index in [1.54, 1.807) is 36.8 Å². The van der Waals surface area contributed by atoms with Gasteiger partial charge in [0.2, 0.25) is 5.91 Å². The summed E-state index contributed by atoms with van der Waals surface area (Å²) in [4.78, 5) is 28.2. The second-order valence-electron chi connectivity index (χ2n) is 5.86. The van der Waals surface area contributed by atoms with E-state index in [-0.39, 0.29) is 12.3 Å². The van der Waals surface area contributed by atoms with Crippen molar-refractivity contribution in [3.63, 3.8) is 0 Å². The van der Waals surface area contributed by atoms with E-state index < -0.39 is 0 Å². The van der Waals surface area contributed by atoms with Crippen molar-refractivity contribution < 1.29 is 4.79 Å². The Hall–Kier alpha value is -3.79. The SMILES string of the molecule is N#Cc1ccc2ncc3[nH]c(CC(=O)NCc4ccncc4)nc3c2c1. The van der Waals surface area contributed by atoms with Gasteiger partial charge in [-0.1, -0.05) is 0 Å². The highest BCUT2D eigenvalue weighted by Crippen LogP contribution is 2.22. The summed E-state index contributed by atoms with van der Waals surface area (Å²) in [6.07, 6.45) is 5.21. The lowest BCUT2D eigenvalue weighted by Gasteiger charge is -2.03. The van der Waals surface area contributed by atoms with E-state index >= 15 is 0 Å². The zero-order chi connectivity index (χ0) is 17.9. The van der Waals surface area contributed by atoms with Crippen LogP contribution in [0.1, 0.15) is 17.0 Å². The molecule has 0 aliphatic rings. The van der Waals surface area contributed by atoms with E-state index in [1.165, 1.54) is 0 Å². The summed E-state index contributed by atoms with van der Waals surface area (Å²) in [7, 11) is 0. The van der Waals surface area contributed by atoms with Crippen LogP contribution in [0.15, 0.2) is 48.9 Å². The highest BCUT2D eigenvalue weighted by atomic mass is 16.1. The summed E-state index contributed by atoms with van der Waals surface area (Å²) in [5.41, 5.74) is 3.74. The predicted molar refractivity (Wildman–Crippen MR) is 95.9 cm³/mol. The van der Waals surface area contributed by atoms with Crippen molar-refractivity contribution in [1.29, 1.82) is 5.26 Å². The standard InChI is InChI=1S/C19H14N6O/c20-9-13-1-2-15-14(7-13)19-16(11-22-15)24-17(25-19)8-18(26)23-10-12-3-5-21-6-4-12/h1-7,11H,8,10H2,(H,23,26)(H,24,25). The highest BCUT2D eigenvalue weighted by Gasteiger charge is 2.11. The summed E-state index contributed by atoms with van der Waals surface area (Å²) < 4.78 is 0. The average Bonchev–Trinajstić information content (AvgIpc) is 3.09. The maximum atomic E-state index is 12.2. The number of H-pyrrole nitrogens is 1. The Morgan fingerprint density at radius 3 is 2.88 bits per heavy atom. The van der Waals surface area contributed by atoms with Crippen LogP contribution in [-0.4, -0.2) is 25.8 Å². The van der Waals surface area contributed by atoms with Crippen LogP contribution >= 0.6 is 0 Å². The van der Waals surface area contributed by atoms with Crippen molar-refractivity contribution in [1.82, 2.24) is 25.3 Å². The summed E-state index contributed by atoms with van der Waals surface area (Å²) in [5, 5.41) is 12.7. The van der Waals surface area contributed by atoms with E-state index in [9.17, 15) is 4.79 Å². The molecule has 4 aromatic rings. The van der Waals surface area contributed by atoms with Gasteiger partial charge in [-0.15, -0.1) is 0 Å². The lowest BCUT2D eigenvalue weighted by molar-refractivity contribution is -0.120. The minimum atomic E-state index is -0.129. The number of hydrogen-bond acceptors (Lipinski definition) is 5. The Labute approximate surface area is 148 Å². The number of benzene rings is 1. The van der Waals surface area contributed by atoms with Crippen LogP contribution in [0.25, 0.3) is 21.9 Å². The first kappa shape index (κ1) is 15.7. The maximum Gasteiger partial charge on any atom is 0.227 e. The zero-order valence-electron chi connectivity index (χ0n) is 13.7. The molecular formula is C19H14N6O. The zero-order valence-corrected chi connectivity index (χ0v) is 13.7. The van der Waals surface area contributed by atoms with E-state index in [0.717, 1.165) is 22.0 Å². The molecule has 0 aliphatic carbocycles. The van der Waals surface area contributed by atoms with E-state index in [1.807, 2.05) is 12.1 Å². The molecule has 0 atom stereocenters. The van der Waals surface area contributed by atoms with Gasteiger partial charge in [-0.25, -0.2) is 4.98 Å². The van der Waals surface area contributed by atoms with Crippen molar-refractivity contribution in [2.24, 2.45) is 0 Å². The molecule has 0 fully saturated rings. The minimum Gasteiger partial charge on any atom is -0.352 e. The normalized spacial score (nSPS) is 10.7. The van der Waals surface area contributed by atoms with E-state index in [2.05, 4.69) is 31.3 Å². The van der Waals surface area contributed by atoms with Crippen molar-refractivity contribution >= 4 is 27.8 Å². The molecule has 0 saturated heterocycles. The number of rotatable bonds is 4. The lowest BCUT2D eigenvalue weighted by atomic mass is 10.1. The van der Waals surface area contributed by atoms with Gasteiger partial charge in [0, 0.05) is 24.3 Å². The number of hydrogen-bond donors (Lipinski definition) is 2. The van der Waals surface area contributed by atoms with Crippen LogP contribution in [0.2, 0.25) is 0 Å². The van der Waals surface area contributed by atoms with Gasteiger partial charge in [-0.3, -0.25) is 14.8 Å². The molecule has 0 radical (unpaired) electrons. The largest absolute Gasteiger partial charge is 0.352 e. The molecule has 0 saturated carbocycles. The molecule has 1 amide bonds. The van der Waals surface area contributed by atoms with Gasteiger partial charge < -0.3 is 10.3 Å². The highest BCUT2D eigenvalue weighted by molar-refractivity contribution is 6.02. The second kappa shape index (κ2) is 6.61. The van der Waals surface area contributed by atoms with Crippen LogP contribution < -0.4 is 5.32 Å². The van der Waals surface area contributed by atoms with Crippen molar-refractivity contribution in [3.8, 4) is 6.07 Å². The van der Waals surface area contributed by atoms with Crippen LogP contribution in [-0.2, 0) is 17.8 Å². The van der Waals surface area contributed by atoms with Gasteiger partial charge in [0.15, 0.2) is 0 Å². The first-order chi connectivity index (χ1) is 12.7. The van der Waals surface area contributed by atoms with Crippen LogP contribution in [0.5, 0.6) is 0 Å². The van der Waals surface area contributed by atoms with Gasteiger partial charge in [0.1, 0.15) is 5.82 Å². The van der Waals surface area contributed by atoms with E-state index in [0.29, 0.717) is 23.4 Å². The molecule has 0 spiro atoms. The number of carbonyl (C=O) groups is 1. The van der Waals surface area contributed by atoms with Gasteiger partial charge in [-0.2, -0.15) is 5.26 Å². The Kier molecular flexibility index (Phi) is 4.00. The lowest BCUT2D eigenvalue weighted by Crippen LogP contribution is -2.24. The maximum absolute atomic E-state index is 12.2. The molecule has 7 nitrogen and oxygen atoms in total. The molecule has 126 valence electrons. The van der Waals surface area contributed by atoms with Gasteiger partial charge >= 0.3 is 0 Å². The number of pyridine rings is 2. The average molecular weight is 342 g/mol. The number of amides is 1. The Morgan fingerprint density at radius 1 is 1.23 bits per heavy atom. The third-order valence-electron chi connectivity index (χ3n) is 4.06. The summed E-state index contributed by atoms with van der Waals surface area (Å²) in [6, 6.07) is 11.1. The van der Waals surface area contributed by atoms with Gasteiger partial charge in [-0.05, 0) is 35.9 Å². The van der Waals surface area contributed by atoms with Gasteiger partial charge in [0.25, 0.3) is 0 Å². The first-order valence-electron chi connectivity index (χ1n) is 8.06. The topological polar surface area (TPSA) is 107 Å². The molecule has 2 N–H and O–H groups in total. The van der Waals surface area contributed by atoms with Gasteiger partial charge in [0.05, 0.1) is 40.8 Å². The van der Waals surface area contributed by atoms with Crippen molar-refractivity contribution in [2.75, 3.05) is 0 Å². The first-order valence-corrected chi connectivity index (χ1v) is 8.06. The third-order valence-corrected chi connectivity index (χ3v) is 4.06. The number of imidazole rings is 1. The quantitative estimate of drug-likeness (QED) is 0.591. The number of nitrogens with zero attached hydrogens (tertiary/aromatic N) is 4. The molecule has 0 unspecified atom stereocenters. The fraction of sp³-hybridized carbons (Fsp3) is 0.105. The summed E-state index contributed by atoms with van der Waals surface area (Å²) in [5.74, 6) is 0.430. The molecule has 3 heterocycles. The smallest absolute Gasteiger partial charge is 0.227 e. The molecule has 4 rings (SSSR count). The molecule has 3 aromatic heterocycles. The molecule has 0 aliphatic heterocycles. The third kappa shape index (κ3) is 3.08. The monoisotopic (exact) mass is 342 g/mol. The Morgan fingerprint density at radius 2 is 2.08 bits per heavy atom. The van der Waals surface area contributed by atoms with Crippen molar-refractivity contribution in [2.45, 2.75) is 13.0 Å². The number of nitrogens with one attached hydrogen (secondary N) is 2. The summed E-state index contributed by atoms with van der Waals surface area (Å²) >= 11 is 0. The van der Waals surface area contributed by atoms with Crippen molar-refractivity contribution in [3.05, 3.63) is 65.9 Å². The van der Waals surface area contributed by atoms with Crippen LogP contribution in [0.4, 0.5) is 0 Å². The molecule has 26 heavy (non-hydrogen) atoms. The molecule has 0 bridgehead atoms. The van der Waals surface area contributed by atoms with Crippen LogP contribution in [0.3, 0.4) is 0 Å². The van der Waals surface area contributed by atoms with E-state index in [4.69, 9.17) is 5.26 Å². The fourth-order valence-electron chi connectivity index (χ4n) is 2.78. The Balaban J connectivity index is 1.56. The van der Waals surface area contributed by atoms with Crippen LogP contribution in [0, 0.1) is 11.3 Å². The number of aromatic amines is 1.